The Bertz CT molecular complexity index is 437. The Morgan fingerprint density at radius 3 is 2.47 bits per heavy atom. The van der Waals surface area contributed by atoms with Crippen LogP contribution in [0, 0.1) is 0 Å². The maximum absolute atomic E-state index is 11.9. The normalized spacial score (nSPS) is 13.0. The number of nitrogens with two attached hydrogens (primary N) is 1. The molecule has 0 amide bonds. The number of anilines is 1. The first-order chi connectivity index (χ1) is 6.72. The Morgan fingerprint density at radius 1 is 1.47 bits per heavy atom. The van der Waals surface area contributed by atoms with Crippen molar-refractivity contribution in [2.45, 2.75) is 12.1 Å². The monoisotopic (exact) mass is 244 g/mol. The van der Waals surface area contributed by atoms with Gasteiger partial charge in [0.15, 0.2) is 5.82 Å². The first kappa shape index (κ1) is 11.8. The fourth-order valence-electron chi connectivity index (χ4n) is 0.752. The molecule has 1 rings (SSSR count). The molecule has 0 aliphatic rings. The van der Waals surface area contributed by atoms with Gasteiger partial charge in [0, 0.05) is 0 Å². The van der Waals surface area contributed by atoms with Crippen molar-refractivity contribution < 1.29 is 21.6 Å². The van der Waals surface area contributed by atoms with Gasteiger partial charge in [0.1, 0.15) is 0 Å². The molecular formula is C5H7F3N4O2S. The molecule has 0 bridgehead atoms. The molecule has 15 heavy (non-hydrogen) atoms. The third kappa shape index (κ3) is 2.81. The van der Waals surface area contributed by atoms with E-state index in [0.717, 1.165) is 10.9 Å². The van der Waals surface area contributed by atoms with Crippen molar-refractivity contribution in [3.63, 3.8) is 0 Å². The third-order valence-electron chi connectivity index (χ3n) is 1.50. The van der Waals surface area contributed by atoms with E-state index in [4.69, 9.17) is 5.73 Å². The van der Waals surface area contributed by atoms with Crippen LogP contribution in [0.1, 0.15) is 0 Å². The van der Waals surface area contributed by atoms with Gasteiger partial charge in [0.2, 0.25) is 9.84 Å². The summed E-state index contributed by atoms with van der Waals surface area (Å²) in [5.41, 5.74) is -0.0994. The van der Waals surface area contributed by atoms with Gasteiger partial charge in [-0.05, 0) is 0 Å². The number of rotatable bonds is 3. The molecule has 0 spiro atoms. The molecule has 0 radical (unpaired) electrons. The Labute approximate surface area is 82.8 Å². The van der Waals surface area contributed by atoms with E-state index in [2.05, 4.69) is 10.3 Å². The van der Waals surface area contributed by atoms with Gasteiger partial charge in [-0.1, -0.05) is 5.21 Å². The molecule has 2 N–H and O–H groups in total. The number of aromatic nitrogens is 3. The standard InChI is InChI=1S/C5H7F3N4O2S/c6-5(7,8)15(13,14)2-1-12-3-4(9)10-11-12/h3H,1-2,9H2. The Morgan fingerprint density at radius 2 is 2.07 bits per heavy atom. The quantitative estimate of drug-likeness (QED) is 0.794. The van der Waals surface area contributed by atoms with E-state index < -0.39 is 27.6 Å². The average molecular weight is 244 g/mol. The van der Waals surface area contributed by atoms with Crippen LogP contribution in [-0.2, 0) is 16.4 Å². The van der Waals surface area contributed by atoms with Crippen LogP contribution in [0.3, 0.4) is 0 Å². The van der Waals surface area contributed by atoms with Gasteiger partial charge >= 0.3 is 5.51 Å². The van der Waals surface area contributed by atoms with Gasteiger partial charge in [0.25, 0.3) is 0 Å². The summed E-state index contributed by atoms with van der Waals surface area (Å²) in [5.74, 6) is -1.07. The molecule has 6 nitrogen and oxygen atoms in total. The lowest BCUT2D eigenvalue weighted by Crippen LogP contribution is -2.28. The van der Waals surface area contributed by atoms with Gasteiger partial charge in [0.05, 0.1) is 18.5 Å². The van der Waals surface area contributed by atoms with Crippen LogP contribution in [0.25, 0.3) is 0 Å². The van der Waals surface area contributed by atoms with Crippen molar-refractivity contribution in [3.8, 4) is 0 Å². The molecule has 0 aromatic carbocycles. The van der Waals surface area contributed by atoms with Gasteiger partial charge in [-0.25, -0.2) is 13.1 Å². The molecule has 86 valence electrons. The summed E-state index contributed by atoms with van der Waals surface area (Å²) in [6, 6.07) is 0. The van der Waals surface area contributed by atoms with E-state index >= 15 is 0 Å². The van der Waals surface area contributed by atoms with Crippen molar-refractivity contribution in [1.82, 2.24) is 15.0 Å². The van der Waals surface area contributed by atoms with E-state index in [1.807, 2.05) is 0 Å². The van der Waals surface area contributed by atoms with E-state index in [0.29, 0.717) is 0 Å². The lowest BCUT2D eigenvalue weighted by Gasteiger charge is -2.06. The van der Waals surface area contributed by atoms with Gasteiger partial charge in [-0.15, -0.1) is 5.10 Å². The number of alkyl halides is 3. The fourth-order valence-corrected chi connectivity index (χ4v) is 1.41. The van der Waals surface area contributed by atoms with Gasteiger partial charge in [-0.2, -0.15) is 13.2 Å². The van der Waals surface area contributed by atoms with Crippen molar-refractivity contribution in [2.75, 3.05) is 11.5 Å². The first-order valence-electron chi connectivity index (χ1n) is 3.67. The van der Waals surface area contributed by atoms with E-state index in [9.17, 15) is 21.6 Å². The molecule has 1 heterocycles. The van der Waals surface area contributed by atoms with Crippen LogP contribution in [0.15, 0.2) is 6.20 Å². The summed E-state index contributed by atoms with van der Waals surface area (Å²) in [7, 11) is -5.12. The molecule has 1 aromatic rings. The Balaban J connectivity index is 2.66. The second-order valence-electron chi connectivity index (χ2n) is 2.67. The highest BCUT2D eigenvalue weighted by Crippen LogP contribution is 2.23. The predicted molar refractivity (Wildman–Crippen MR) is 44.3 cm³/mol. The van der Waals surface area contributed by atoms with E-state index in [-0.39, 0.29) is 5.82 Å². The minimum Gasteiger partial charge on any atom is -0.381 e. The number of sulfone groups is 1. The maximum atomic E-state index is 11.9. The molecule has 0 saturated heterocycles. The number of hydrogen-bond donors (Lipinski definition) is 1. The lowest BCUT2D eigenvalue weighted by molar-refractivity contribution is -0.0436. The van der Waals surface area contributed by atoms with Crippen molar-refractivity contribution >= 4 is 15.7 Å². The van der Waals surface area contributed by atoms with Crippen molar-refractivity contribution in [2.24, 2.45) is 0 Å². The van der Waals surface area contributed by atoms with E-state index in [1.165, 1.54) is 0 Å². The number of nitrogens with zero attached hydrogens (tertiary/aromatic N) is 3. The number of aryl methyl sites for hydroxylation is 1. The molecule has 10 heteroatoms. The van der Waals surface area contributed by atoms with Crippen LogP contribution < -0.4 is 5.73 Å². The molecule has 0 aliphatic heterocycles. The number of hydrogen-bond acceptors (Lipinski definition) is 5. The zero-order chi connectivity index (χ0) is 11.7. The molecular weight excluding hydrogens is 237 g/mol. The van der Waals surface area contributed by atoms with Crippen LogP contribution in [0.4, 0.5) is 19.0 Å². The molecule has 0 atom stereocenters. The SMILES string of the molecule is Nc1cn(CCS(=O)(=O)C(F)(F)F)nn1. The smallest absolute Gasteiger partial charge is 0.381 e. The molecule has 0 fully saturated rings. The molecule has 0 saturated carbocycles. The number of halogens is 3. The van der Waals surface area contributed by atoms with Crippen LogP contribution in [0.5, 0.6) is 0 Å². The van der Waals surface area contributed by atoms with Crippen LogP contribution >= 0.6 is 0 Å². The Hall–Kier alpha value is -1.32. The van der Waals surface area contributed by atoms with Crippen molar-refractivity contribution in [3.05, 3.63) is 6.20 Å². The van der Waals surface area contributed by atoms with Gasteiger partial charge in [-0.3, -0.25) is 0 Å². The highest BCUT2D eigenvalue weighted by molar-refractivity contribution is 7.92. The summed E-state index contributed by atoms with van der Waals surface area (Å²) < 4.78 is 57.8. The highest BCUT2D eigenvalue weighted by atomic mass is 32.2. The Kier molecular flexibility index (Phi) is 2.88. The van der Waals surface area contributed by atoms with Crippen molar-refractivity contribution in [1.29, 1.82) is 0 Å². The molecule has 1 aromatic heterocycles. The third-order valence-corrected chi connectivity index (χ3v) is 2.92. The highest BCUT2D eigenvalue weighted by Gasteiger charge is 2.44. The fraction of sp³-hybridized carbons (Fsp3) is 0.600. The summed E-state index contributed by atoms with van der Waals surface area (Å²) in [4.78, 5) is 0. The minimum absolute atomic E-state index is 0.0133. The zero-order valence-corrected chi connectivity index (χ0v) is 8.09. The lowest BCUT2D eigenvalue weighted by atomic mass is 10.7. The second kappa shape index (κ2) is 3.68. The van der Waals surface area contributed by atoms with Crippen LogP contribution in [-0.4, -0.2) is 34.7 Å². The second-order valence-corrected chi connectivity index (χ2v) is 4.77. The summed E-state index contributed by atoms with van der Waals surface area (Å²) in [5, 5.41) is 6.60. The summed E-state index contributed by atoms with van der Waals surface area (Å²) in [6.45, 7) is -0.438. The molecule has 0 unspecified atom stereocenters. The summed E-state index contributed by atoms with van der Waals surface area (Å²) in [6.07, 6.45) is 1.14. The average Bonchev–Trinajstić information content (AvgIpc) is 2.46. The van der Waals surface area contributed by atoms with Gasteiger partial charge < -0.3 is 5.73 Å². The first-order valence-corrected chi connectivity index (χ1v) is 5.32. The maximum Gasteiger partial charge on any atom is 0.497 e. The topological polar surface area (TPSA) is 90.9 Å². The molecule has 0 aliphatic carbocycles. The van der Waals surface area contributed by atoms with Crippen LogP contribution in [0.2, 0.25) is 0 Å². The zero-order valence-electron chi connectivity index (χ0n) is 7.27. The minimum atomic E-state index is -5.24. The summed E-state index contributed by atoms with van der Waals surface area (Å²) >= 11 is 0. The van der Waals surface area contributed by atoms with E-state index in [1.54, 1.807) is 0 Å². The number of nitrogen functional groups attached to an aromatic ring is 1. The predicted octanol–water partition coefficient (Wildman–Crippen LogP) is -0.205. The largest absolute Gasteiger partial charge is 0.497 e.